The van der Waals surface area contributed by atoms with Gasteiger partial charge in [-0.15, -0.1) is 0 Å². The maximum atomic E-state index is 12.8. The number of rotatable bonds is 3. The van der Waals surface area contributed by atoms with Gasteiger partial charge in [-0.1, -0.05) is 48.5 Å². The molecule has 1 aliphatic heterocycles. The number of carbonyl (C=O) groups is 1. The van der Waals surface area contributed by atoms with Gasteiger partial charge in [-0.2, -0.15) is 10.4 Å². The topological polar surface area (TPSA) is 81.6 Å². The first-order valence-corrected chi connectivity index (χ1v) is 10.3. The van der Waals surface area contributed by atoms with Crippen molar-refractivity contribution in [2.75, 3.05) is 5.32 Å². The van der Waals surface area contributed by atoms with E-state index in [1.165, 1.54) is 0 Å². The Morgan fingerprint density at radius 1 is 1.06 bits per heavy atom. The summed E-state index contributed by atoms with van der Waals surface area (Å²) < 4.78 is 0. The molecule has 1 aromatic heterocycles. The van der Waals surface area contributed by atoms with Gasteiger partial charge in [0.25, 0.3) is 0 Å². The molecule has 31 heavy (non-hydrogen) atoms. The van der Waals surface area contributed by atoms with Crippen molar-refractivity contribution in [3.05, 3.63) is 94.7 Å². The molecule has 3 aromatic carbocycles. The van der Waals surface area contributed by atoms with Crippen molar-refractivity contribution in [1.82, 2.24) is 10.2 Å². The first-order valence-electron chi connectivity index (χ1n) is 10.3. The van der Waals surface area contributed by atoms with Crippen molar-refractivity contribution in [2.45, 2.75) is 17.8 Å². The smallest absolute Gasteiger partial charge is 0.235 e. The number of nitrogens with zero attached hydrogens (tertiary/aromatic N) is 2. The summed E-state index contributed by atoms with van der Waals surface area (Å²) in [5.41, 5.74) is 6.26. The molecular formula is C26H18N4O. The van der Waals surface area contributed by atoms with E-state index in [1.54, 1.807) is 12.1 Å². The number of aromatic nitrogens is 2. The van der Waals surface area contributed by atoms with Gasteiger partial charge < -0.3 is 5.32 Å². The minimum Gasteiger partial charge on any atom is -0.325 e. The van der Waals surface area contributed by atoms with Crippen LogP contribution in [0.25, 0.3) is 23.1 Å². The standard InChI is InChI=1S/C26H18N4O/c27-15-17-7-5-16(6-8-17)9-12-22-19-11-10-18(13-24(19)30-29-22)21-14-26(21)20-3-1-2-4-23(20)28-25(26)31/h1-13,21H,14H2,(H,28,31)(H,29,30)/b12-9+/t21-,26?/m0/s1. The molecule has 1 aliphatic carbocycles. The van der Waals surface area contributed by atoms with Gasteiger partial charge in [-0.05, 0) is 53.5 Å². The van der Waals surface area contributed by atoms with Gasteiger partial charge in [0.1, 0.15) is 0 Å². The third kappa shape index (κ3) is 2.62. The van der Waals surface area contributed by atoms with Crippen LogP contribution in [0.4, 0.5) is 5.69 Å². The molecule has 2 aliphatic rings. The summed E-state index contributed by atoms with van der Waals surface area (Å²) in [5.74, 6) is 0.288. The Labute approximate surface area is 179 Å². The number of anilines is 1. The average Bonchev–Trinajstić information content (AvgIpc) is 3.34. The molecule has 5 heteroatoms. The van der Waals surface area contributed by atoms with E-state index >= 15 is 0 Å². The summed E-state index contributed by atoms with van der Waals surface area (Å²) in [7, 11) is 0. The van der Waals surface area contributed by atoms with Crippen molar-refractivity contribution in [3.8, 4) is 6.07 Å². The monoisotopic (exact) mass is 402 g/mol. The van der Waals surface area contributed by atoms with Crippen molar-refractivity contribution in [3.63, 3.8) is 0 Å². The first-order chi connectivity index (χ1) is 15.2. The van der Waals surface area contributed by atoms with Crippen molar-refractivity contribution in [1.29, 1.82) is 5.26 Å². The molecule has 0 bridgehead atoms. The molecule has 2 heterocycles. The van der Waals surface area contributed by atoms with Crippen LogP contribution in [0.15, 0.2) is 66.7 Å². The minimum absolute atomic E-state index is 0.106. The lowest BCUT2D eigenvalue weighted by molar-refractivity contribution is -0.118. The van der Waals surface area contributed by atoms with Gasteiger partial charge in [-0.3, -0.25) is 9.89 Å². The minimum atomic E-state index is -0.428. The Balaban J connectivity index is 1.29. The van der Waals surface area contributed by atoms with Crippen LogP contribution in [0.2, 0.25) is 0 Å². The number of nitrogens with one attached hydrogen (secondary N) is 2. The first kappa shape index (κ1) is 17.7. The summed E-state index contributed by atoms with van der Waals surface area (Å²) in [6, 6.07) is 23.9. The van der Waals surface area contributed by atoms with E-state index in [-0.39, 0.29) is 11.8 Å². The van der Waals surface area contributed by atoms with Crippen LogP contribution in [0.1, 0.15) is 40.3 Å². The summed E-state index contributed by atoms with van der Waals surface area (Å²) in [5, 5.41) is 20.6. The van der Waals surface area contributed by atoms with Gasteiger partial charge in [0.05, 0.1) is 28.3 Å². The van der Waals surface area contributed by atoms with E-state index < -0.39 is 5.41 Å². The van der Waals surface area contributed by atoms with E-state index in [0.717, 1.165) is 45.4 Å². The highest BCUT2D eigenvalue weighted by atomic mass is 16.2. The summed E-state index contributed by atoms with van der Waals surface area (Å²) in [6.07, 6.45) is 4.79. The lowest BCUT2D eigenvalue weighted by Crippen LogP contribution is -2.20. The van der Waals surface area contributed by atoms with Crippen LogP contribution in [-0.2, 0) is 10.2 Å². The van der Waals surface area contributed by atoms with Gasteiger partial charge >= 0.3 is 0 Å². The number of hydrogen-bond acceptors (Lipinski definition) is 3. The Hall–Kier alpha value is -4.17. The number of carbonyl (C=O) groups excluding carboxylic acids is 1. The van der Waals surface area contributed by atoms with E-state index in [4.69, 9.17) is 5.26 Å². The van der Waals surface area contributed by atoms with Gasteiger partial charge in [0.2, 0.25) is 5.91 Å². The Morgan fingerprint density at radius 3 is 2.74 bits per heavy atom. The molecule has 1 saturated carbocycles. The van der Waals surface area contributed by atoms with Crippen molar-refractivity contribution >= 4 is 34.6 Å². The number of nitriles is 1. The van der Waals surface area contributed by atoms with Crippen LogP contribution in [-0.4, -0.2) is 16.1 Å². The molecule has 1 unspecified atom stereocenters. The van der Waals surface area contributed by atoms with E-state index in [9.17, 15) is 4.79 Å². The molecule has 0 saturated heterocycles. The Bertz CT molecular complexity index is 1420. The number of aromatic amines is 1. The highest BCUT2D eigenvalue weighted by Crippen LogP contribution is 2.64. The largest absolute Gasteiger partial charge is 0.325 e. The fourth-order valence-corrected chi connectivity index (χ4v) is 4.80. The predicted octanol–water partition coefficient (Wildman–Crippen LogP) is 4.98. The number of para-hydroxylation sites is 1. The van der Waals surface area contributed by atoms with Crippen LogP contribution in [0, 0.1) is 11.3 Å². The van der Waals surface area contributed by atoms with E-state index in [0.29, 0.717) is 5.56 Å². The van der Waals surface area contributed by atoms with Crippen LogP contribution >= 0.6 is 0 Å². The highest BCUT2D eigenvalue weighted by Gasteiger charge is 2.65. The van der Waals surface area contributed by atoms with Gasteiger partial charge in [0.15, 0.2) is 0 Å². The quantitative estimate of drug-likeness (QED) is 0.507. The maximum Gasteiger partial charge on any atom is 0.235 e. The summed E-state index contributed by atoms with van der Waals surface area (Å²) >= 11 is 0. The molecule has 6 rings (SSSR count). The van der Waals surface area contributed by atoms with Crippen molar-refractivity contribution in [2.24, 2.45) is 0 Å². The molecule has 1 amide bonds. The predicted molar refractivity (Wildman–Crippen MR) is 120 cm³/mol. The molecule has 1 spiro atoms. The zero-order valence-corrected chi connectivity index (χ0v) is 16.6. The van der Waals surface area contributed by atoms with Crippen LogP contribution in [0.5, 0.6) is 0 Å². The fraction of sp³-hybridized carbons (Fsp3) is 0.115. The molecule has 148 valence electrons. The summed E-state index contributed by atoms with van der Waals surface area (Å²) in [4.78, 5) is 12.8. The Kier molecular flexibility index (Phi) is 3.66. The fourth-order valence-electron chi connectivity index (χ4n) is 4.80. The van der Waals surface area contributed by atoms with Crippen molar-refractivity contribution < 1.29 is 4.79 Å². The molecule has 1 fully saturated rings. The molecule has 0 radical (unpaired) electrons. The molecule has 4 aromatic rings. The summed E-state index contributed by atoms with van der Waals surface area (Å²) in [6.45, 7) is 0. The average molecular weight is 402 g/mol. The normalized spacial score (nSPS) is 21.4. The molecule has 2 N–H and O–H groups in total. The third-order valence-corrected chi connectivity index (χ3v) is 6.51. The Morgan fingerprint density at radius 2 is 1.90 bits per heavy atom. The molecule has 2 atom stereocenters. The number of amides is 1. The molecule has 5 nitrogen and oxygen atoms in total. The lowest BCUT2D eigenvalue weighted by Gasteiger charge is -2.08. The van der Waals surface area contributed by atoms with E-state index in [1.807, 2.05) is 42.5 Å². The second kappa shape index (κ2) is 6.41. The molecular weight excluding hydrogens is 384 g/mol. The number of hydrogen-bond donors (Lipinski definition) is 2. The number of fused-ring (bicyclic) bond motifs is 3. The third-order valence-electron chi connectivity index (χ3n) is 6.51. The zero-order chi connectivity index (χ0) is 21.0. The van der Waals surface area contributed by atoms with Crippen LogP contribution < -0.4 is 5.32 Å². The van der Waals surface area contributed by atoms with Gasteiger partial charge in [-0.25, -0.2) is 0 Å². The second-order valence-corrected chi connectivity index (χ2v) is 8.21. The zero-order valence-electron chi connectivity index (χ0n) is 16.6. The maximum absolute atomic E-state index is 12.8. The second-order valence-electron chi connectivity index (χ2n) is 8.21. The number of benzene rings is 3. The van der Waals surface area contributed by atoms with Gasteiger partial charge in [0, 0.05) is 17.0 Å². The van der Waals surface area contributed by atoms with E-state index in [2.05, 4.69) is 45.8 Å². The van der Waals surface area contributed by atoms with Crippen LogP contribution in [0.3, 0.4) is 0 Å². The lowest BCUT2D eigenvalue weighted by atomic mass is 9.92. The number of H-pyrrole nitrogens is 1. The SMILES string of the molecule is N#Cc1ccc(/C=C/c2n[nH]c3cc([C@@H]4CC45C(=O)Nc4ccccc45)ccc23)cc1. The highest BCUT2D eigenvalue weighted by molar-refractivity contribution is 6.09.